The second-order valence-corrected chi connectivity index (χ2v) is 15.9. The Labute approximate surface area is 323 Å². The third-order valence-electron chi connectivity index (χ3n) is 10.1. The van der Waals surface area contributed by atoms with Crippen LogP contribution in [0.25, 0.3) is 5.52 Å². The molecule has 0 bridgehead atoms. The second kappa shape index (κ2) is 22.6. The van der Waals surface area contributed by atoms with E-state index < -0.39 is 56.9 Å². The van der Waals surface area contributed by atoms with Crippen LogP contribution in [0.4, 0.5) is 10.2 Å². The van der Waals surface area contributed by atoms with E-state index in [-0.39, 0.29) is 24.6 Å². The molecule has 2 aromatic heterocycles. The second-order valence-electron chi connectivity index (χ2n) is 14.4. The summed E-state index contributed by atoms with van der Waals surface area (Å²) >= 11 is 0. The first-order chi connectivity index (χ1) is 26.5. The molecule has 1 aliphatic heterocycles. The maximum Gasteiger partial charge on any atom is 0.472 e. The predicted molar refractivity (Wildman–Crippen MR) is 204 cm³/mol. The van der Waals surface area contributed by atoms with Crippen LogP contribution in [-0.2, 0) is 40.0 Å². The highest BCUT2D eigenvalue weighted by molar-refractivity contribution is 7.47. The van der Waals surface area contributed by atoms with E-state index in [1.165, 1.54) is 99.7 Å². The maximum absolute atomic E-state index is 13.9. The normalized spacial score (nSPS) is 21.5. The lowest BCUT2D eigenvalue weighted by atomic mass is 9.93. The van der Waals surface area contributed by atoms with Crippen LogP contribution in [0, 0.1) is 17.1 Å². The highest BCUT2D eigenvalue weighted by Gasteiger charge is 2.54. The number of nitrogen functional groups attached to an aromatic ring is 1. The van der Waals surface area contributed by atoms with Crippen LogP contribution in [0.5, 0.6) is 0 Å². The van der Waals surface area contributed by atoms with Gasteiger partial charge in [0.2, 0.25) is 0 Å². The number of halogens is 1. The third kappa shape index (κ3) is 13.6. The third-order valence-corrected chi connectivity index (χ3v) is 11.0. The molecule has 1 saturated heterocycles. The summed E-state index contributed by atoms with van der Waals surface area (Å²) in [6, 6.07) is 9.11. The van der Waals surface area contributed by atoms with Crippen molar-refractivity contribution < 1.29 is 47.3 Å². The van der Waals surface area contributed by atoms with Gasteiger partial charge in [0.1, 0.15) is 53.7 Å². The number of rotatable bonds is 27. The van der Waals surface area contributed by atoms with E-state index in [4.69, 9.17) is 29.0 Å². The zero-order valence-electron chi connectivity index (χ0n) is 32.2. The minimum atomic E-state index is -4.73. The van der Waals surface area contributed by atoms with Crippen molar-refractivity contribution in [3.63, 3.8) is 0 Å². The van der Waals surface area contributed by atoms with Crippen molar-refractivity contribution in [1.29, 1.82) is 5.26 Å². The average molecular weight is 792 g/mol. The molecule has 3 heterocycles. The Morgan fingerprint density at radius 2 is 1.65 bits per heavy atom. The van der Waals surface area contributed by atoms with Gasteiger partial charge in [-0.3, -0.25) is 9.05 Å². The molecule has 0 spiro atoms. The van der Waals surface area contributed by atoms with Gasteiger partial charge < -0.3 is 35.1 Å². The molecule has 1 aromatic carbocycles. The smallest absolute Gasteiger partial charge is 0.387 e. The number of fused-ring (bicyclic) bond motifs is 1. The molecule has 14 nitrogen and oxygen atoms in total. The molecular formula is C39H59FN5O9P. The summed E-state index contributed by atoms with van der Waals surface area (Å²) in [5.41, 5.74) is 5.71. The monoisotopic (exact) mass is 791 g/mol. The Bertz CT molecular complexity index is 1690. The molecule has 16 heteroatoms. The number of hydrogen-bond acceptors (Lipinski definition) is 12. The Balaban J connectivity index is 1.21. The van der Waals surface area contributed by atoms with Gasteiger partial charge in [-0.15, -0.1) is 0 Å². The summed E-state index contributed by atoms with van der Waals surface area (Å²) in [6.45, 7) is 3.28. The molecule has 5 N–H and O–H groups in total. The van der Waals surface area contributed by atoms with Gasteiger partial charge in [0.15, 0.2) is 5.82 Å². The molecule has 0 radical (unpaired) electrons. The van der Waals surface area contributed by atoms with Crippen molar-refractivity contribution in [1.82, 2.24) is 14.6 Å². The van der Waals surface area contributed by atoms with Gasteiger partial charge in [-0.2, -0.15) is 10.4 Å². The first-order valence-electron chi connectivity index (χ1n) is 19.6. The van der Waals surface area contributed by atoms with Crippen LogP contribution >= 0.6 is 7.82 Å². The molecular weight excluding hydrogens is 732 g/mol. The van der Waals surface area contributed by atoms with Crippen molar-refractivity contribution in [2.75, 3.05) is 32.2 Å². The molecule has 55 heavy (non-hydrogen) atoms. The molecule has 0 aliphatic carbocycles. The summed E-state index contributed by atoms with van der Waals surface area (Å²) < 4.78 is 56.6. The highest BCUT2D eigenvalue weighted by atomic mass is 31.2. The lowest BCUT2D eigenvalue weighted by molar-refractivity contribution is -0.0901. The lowest BCUT2D eigenvalue weighted by Crippen LogP contribution is -2.39. The fraction of sp³-hybridized carbons (Fsp3) is 0.667. The summed E-state index contributed by atoms with van der Waals surface area (Å²) in [6.07, 6.45) is 13.7. The van der Waals surface area contributed by atoms with E-state index >= 15 is 0 Å². The standard InChI is InChI=1S/C39H59FN5O9P/c1-3-4-5-6-7-8-9-10-11-12-13-14-15-16-21-50-25-31(51-24-29-17-18-32(40)30(22-29)23-41)26-52-55(48,49)53-27-34-36(46)37(47)39(2,54-34)35-20-19-33-38(42)43-28-44-45(33)35/h17-20,22,28,31,34,36-37,46-47H,3-16,21,24-27H2,1-2H3,(H,48,49)(H2,42,43,44)/t31-,34-,36-,37-,39+/m1/s1. The van der Waals surface area contributed by atoms with Crippen molar-refractivity contribution in [2.45, 2.75) is 140 Å². The lowest BCUT2D eigenvalue weighted by Gasteiger charge is -2.27. The zero-order chi connectivity index (χ0) is 39.7. The van der Waals surface area contributed by atoms with Crippen molar-refractivity contribution >= 4 is 19.2 Å². The number of nitriles is 1. The Hall–Kier alpha value is -3.03. The summed E-state index contributed by atoms with van der Waals surface area (Å²) in [5, 5.41) is 35.2. The number of unbranched alkanes of at least 4 members (excludes halogenated alkanes) is 13. The number of phosphoric ester groups is 1. The molecule has 1 aliphatic rings. The molecule has 4 rings (SSSR count). The predicted octanol–water partition coefficient (Wildman–Crippen LogP) is 6.87. The Morgan fingerprint density at radius 3 is 2.31 bits per heavy atom. The van der Waals surface area contributed by atoms with E-state index in [9.17, 15) is 29.3 Å². The van der Waals surface area contributed by atoms with Gasteiger partial charge in [-0.25, -0.2) is 18.5 Å². The number of hydrogen-bond donors (Lipinski definition) is 4. The molecule has 0 amide bonds. The van der Waals surface area contributed by atoms with Gasteiger partial charge >= 0.3 is 7.82 Å². The Kier molecular flexibility index (Phi) is 18.4. The van der Waals surface area contributed by atoms with E-state index in [1.807, 2.05) is 0 Å². The first kappa shape index (κ1) is 44.7. The van der Waals surface area contributed by atoms with Gasteiger partial charge in [0.05, 0.1) is 37.7 Å². The SMILES string of the molecule is CCCCCCCCCCCCCCCCOC[C@H](COP(=O)(O)OC[C@H]1O[C@@](C)(c2ccc3c(N)ncnn23)[C@H](O)[C@@H]1O)OCc1ccc(F)c(C#N)c1. The number of aliphatic hydroxyl groups excluding tert-OH is 2. The molecule has 1 unspecified atom stereocenters. The number of aromatic nitrogens is 3. The quantitative estimate of drug-likeness (QED) is 0.0460. The van der Waals surface area contributed by atoms with Crippen LogP contribution in [0.3, 0.4) is 0 Å². The topological polar surface area (TPSA) is 204 Å². The van der Waals surface area contributed by atoms with E-state index in [0.717, 1.165) is 19.3 Å². The number of ether oxygens (including phenoxy) is 3. The van der Waals surface area contributed by atoms with E-state index in [0.29, 0.717) is 23.4 Å². The number of nitrogens with zero attached hydrogens (tertiary/aromatic N) is 4. The van der Waals surface area contributed by atoms with Crippen LogP contribution in [0.15, 0.2) is 36.7 Å². The number of anilines is 1. The maximum atomic E-state index is 13.9. The molecule has 1 fully saturated rings. The number of phosphoric acid groups is 1. The van der Waals surface area contributed by atoms with Gasteiger partial charge in [0.25, 0.3) is 0 Å². The molecule has 306 valence electrons. The zero-order valence-corrected chi connectivity index (χ0v) is 33.1. The molecule has 6 atom stereocenters. The summed E-state index contributed by atoms with van der Waals surface area (Å²) in [4.78, 5) is 14.5. The van der Waals surface area contributed by atoms with Crippen LogP contribution in [-0.4, -0.2) is 80.5 Å². The summed E-state index contributed by atoms with van der Waals surface area (Å²) in [7, 11) is -4.73. The number of aliphatic hydroxyl groups is 2. The molecule has 0 saturated carbocycles. The summed E-state index contributed by atoms with van der Waals surface area (Å²) in [5.74, 6) is -0.436. The fourth-order valence-corrected chi connectivity index (χ4v) is 7.52. The van der Waals surface area contributed by atoms with Crippen molar-refractivity contribution in [3.05, 3.63) is 59.3 Å². The largest absolute Gasteiger partial charge is 0.472 e. The highest BCUT2D eigenvalue weighted by Crippen LogP contribution is 2.46. The van der Waals surface area contributed by atoms with Crippen LogP contribution < -0.4 is 5.73 Å². The first-order valence-corrected chi connectivity index (χ1v) is 21.1. The average Bonchev–Trinajstić information content (AvgIpc) is 3.71. The van der Waals surface area contributed by atoms with Crippen LogP contribution in [0.2, 0.25) is 0 Å². The van der Waals surface area contributed by atoms with E-state index in [2.05, 4.69) is 17.0 Å². The van der Waals surface area contributed by atoms with Crippen molar-refractivity contribution in [3.8, 4) is 6.07 Å². The Morgan fingerprint density at radius 1 is 1.00 bits per heavy atom. The number of benzene rings is 1. The van der Waals surface area contributed by atoms with E-state index in [1.54, 1.807) is 25.1 Å². The molecule has 3 aromatic rings. The number of nitrogens with two attached hydrogens (primary N) is 1. The van der Waals surface area contributed by atoms with Gasteiger partial charge in [-0.1, -0.05) is 96.5 Å². The minimum Gasteiger partial charge on any atom is -0.387 e. The van der Waals surface area contributed by atoms with Crippen LogP contribution in [0.1, 0.15) is 121 Å². The van der Waals surface area contributed by atoms with Crippen molar-refractivity contribution in [2.24, 2.45) is 0 Å². The van der Waals surface area contributed by atoms with Gasteiger partial charge in [0, 0.05) is 6.61 Å². The fourth-order valence-electron chi connectivity index (χ4n) is 6.76. The van der Waals surface area contributed by atoms with Gasteiger partial charge in [-0.05, 0) is 43.2 Å². The minimum absolute atomic E-state index is 0.0364.